The highest BCUT2D eigenvalue weighted by Gasteiger charge is 2.20. The predicted molar refractivity (Wildman–Crippen MR) is 96.4 cm³/mol. The molecule has 6 heteroatoms. The Morgan fingerprint density at radius 3 is 3.04 bits per heavy atom. The zero-order chi connectivity index (χ0) is 17.6. The van der Waals surface area contributed by atoms with Gasteiger partial charge in [0.2, 0.25) is 0 Å². The molecule has 1 unspecified atom stereocenters. The van der Waals surface area contributed by atoms with Crippen LogP contribution >= 0.6 is 0 Å². The molecule has 1 amide bonds. The lowest BCUT2D eigenvalue weighted by Gasteiger charge is -2.26. The molecule has 0 aliphatic carbocycles. The minimum absolute atomic E-state index is 0.119. The summed E-state index contributed by atoms with van der Waals surface area (Å²) in [7, 11) is 1.64. The van der Waals surface area contributed by atoms with E-state index in [4.69, 9.17) is 9.47 Å². The molecule has 2 N–H and O–H groups in total. The number of rotatable bonds is 6. The first-order chi connectivity index (χ1) is 12.2. The normalized spacial score (nSPS) is 15.5. The standard InChI is InChI=1S/C19H21N3O3/c1-3-8-20-19(23)14-5-7-18(21-11-14)22-15-9-13-4-6-16(24-2)10-17(13)25-12-15/h3-7,10-11,15H,1,8-9,12H2,2H3,(H,20,23)(H,21,22). The van der Waals surface area contributed by atoms with E-state index in [2.05, 4.69) is 22.2 Å². The van der Waals surface area contributed by atoms with E-state index in [9.17, 15) is 4.79 Å². The number of amides is 1. The Balaban J connectivity index is 1.61. The van der Waals surface area contributed by atoms with Crippen molar-refractivity contribution in [1.29, 1.82) is 0 Å². The molecule has 0 bridgehead atoms. The van der Waals surface area contributed by atoms with E-state index in [0.717, 1.165) is 23.5 Å². The number of ether oxygens (including phenoxy) is 2. The number of carbonyl (C=O) groups excluding carboxylic acids is 1. The van der Waals surface area contributed by atoms with E-state index < -0.39 is 0 Å². The van der Waals surface area contributed by atoms with Crippen LogP contribution in [-0.2, 0) is 6.42 Å². The molecule has 1 atom stereocenters. The fourth-order valence-corrected chi connectivity index (χ4v) is 2.66. The second-order valence-electron chi connectivity index (χ2n) is 5.76. The lowest BCUT2D eigenvalue weighted by atomic mass is 10.0. The van der Waals surface area contributed by atoms with Gasteiger partial charge in [0.1, 0.15) is 23.9 Å². The Morgan fingerprint density at radius 1 is 1.44 bits per heavy atom. The highest BCUT2D eigenvalue weighted by molar-refractivity contribution is 5.94. The van der Waals surface area contributed by atoms with Crippen molar-refractivity contribution >= 4 is 11.7 Å². The number of hydrogen-bond acceptors (Lipinski definition) is 5. The lowest BCUT2D eigenvalue weighted by Crippen LogP contribution is -2.33. The first-order valence-electron chi connectivity index (χ1n) is 8.11. The third kappa shape index (κ3) is 4.09. The average Bonchev–Trinajstić information content (AvgIpc) is 2.66. The minimum Gasteiger partial charge on any atom is -0.497 e. The summed E-state index contributed by atoms with van der Waals surface area (Å²) in [5.74, 6) is 2.20. The zero-order valence-corrected chi connectivity index (χ0v) is 14.1. The Hall–Kier alpha value is -3.02. The first kappa shape index (κ1) is 16.8. The number of aromatic nitrogens is 1. The molecule has 2 aromatic rings. The van der Waals surface area contributed by atoms with Gasteiger partial charge in [-0.15, -0.1) is 6.58 Å². The Kier molecular flexibility index (Phi) is 5.18. The van der Waals surface area contributed by atoms with Crippen molar-refractivity contribution in [1.82, 2.24) is 10.3 Å². The van der Waals surface area contributed by atoms with Crippen LogP contribution in [0.1, 0.15) is 15.9 Å². The summed E-state index contributed by atoms with van der Waals surface area (Å²) in [6, 6.07) is 9.51. The average molecular weight is 339 g/mol. The van der Waals surface area contributed by atoms with Crippen molar-refractivity contribution in [3.63, 3.8) is 0 Å². The second-order valence-corrected chi connectivity index (χ2v) is 5.76. The van der Waals surface area contributed by atoms with E-state index >= 15 is 0 Å². The maximum atomic E-state index is 11.8. The molecule has 130 valence electrons. The fourth-order valence-electron chi connectivity index (χ4n) is 2.66. The molecule has 0 saturated carbocycles. The van der Waals surface area contributed by atoms with Crippen molar-refractivity contribution in [3.8, 4) is 11.5 Å². The van der Waals surface area contributed by atoms with Gasteiger partial charge >= 0.3 is 0 Å². The van der Waals surface area contributed by atoms with Gasteiger partial charge in [0.15, 0.2) is 0 Å². The number of nitrogens with one attached hydrogen (secondary N) is 2. The summed E-state index contributed by atoms with van der Waals surface area (Å²) in [6.07, 6.45) is 4.03. The Labute approximate surface area is 146 Å². The largest absolute Gasteiger partial charge is 0.497 e. The second kappa shape index (κ2) is 7.70. The minimum atomic E-state index is -0.164. The monoisotopic (exact) mass is 339 g/mol. The van der Waals surface area contributed by atoms with Crippen LogP contribution in [0.25, 0.3) is 0 Å². The number of hydrogen-bond donors (Lipinski definition) is 2. The van der Waals surface area contributed by atoms with E-state index in [0.29, 0.717) is 24.5 Å². The summed E-state index contributed by atoms with van der Waals surface area (Å²) in [4.78, 5) is 16.2. The van der Waals surface area contributed by atoms with Crippen LogP contribution < -0.4 is 20.1 Å². The predicted octanol–water partition coefficient (Wildman–Crippen LogP) is 2.42. The number of carbonyl (C=O) groups is 1. The summed E-state index contributed by atoms with van der Waals surface area (Å²) in [5, 5.41) is 6.07. The molecule has 1 aromatic carbocycles. The molecule has 1 aliphatic rings. The number of benzene rings is 1. The van der Waals surface area contributed by atoms with Crippen molar-refractivity contribution in [2.75, 3.05) is 25.6 Å². The van der Waals surface area contributed by atoms with Crippen LogP contribution in [0.5, 0.6) is 11.5 Å². The zero-order valence-electron chi connectivity index (χ0n) is 14.1. The summed E-state index contributed by atoms with van der Waals surface area (Å²) in [6.45, 7) is 4.55. The Bertz CT molecular complexity index is 759. The maximum Gasteiger partial charge on any atom is 0.253 e. The molecule has 25 heavy (non-hydrogen) atoms. The van der Waals surface area contributed by atoms with Gasteiger partial charge in [-0.05, 0) is 30.2 Å². The van der Waals surface area contributed by atoms with E-state index in [1.54, 1.807) is 31.5 Å². The van der Waals surface area contributed by atoms with Crippen LogP contribution in [0, 0.1) is 0 Å². The molecule has 2 heterocycles. The number of anilines is 1. The van der Waals surface area contributed by atoms with Gasteiger partial charge in [-0.25, -0.2) is 4.98 Å². The van der Waals surface area contributed by atoms with Gasteiger partial charge in [0.25, 0.3) is 5.91 Å². The smallest absolute Gasteiger partial charge is 0.253 e. The van der Waals surface area contributed by atoms with Crippen LogP contribution in [0.2, 0.25) is 0 Å². The molecule has 0 spiro atoms. The SMILES string of the molecule is C=CCNC(=O)c1ccc(NC2COc3cc(OC)ccc3C2)nc1. The van der Waals surface area contributed by atoms with E-state index in [1.165, 1.54) is 0 Å². The quantitative estimate of drug-likeness (QED) is 0.791. The molecule has 1 aromatic heterocycles. The maximum absolute atomic E-state index is 11.8. The highest BCUT2D eigenvalue weighted by Crippen LogP contribution is 2.29. The van der Waals surface area contributed by atoms with Gasteiger partial charge in [-0.1, -0.05) is 12.1 Å². The van der Waals surface area contributed by atoms with Crippen LogP contribution in [0.4, 0.5) is 5.82 Å². The molecule has 0 radical (unpaired) electrons. The van der Waals surface area contributed by atoms with Crippen LogP contribution in [0.15, 0.2) is 49.2 Å². The number of methoxy groups -OCH3 is 1. The van der Waals surface area contributed by atoms with Crippen molar-refractivity contribution < 1.29 is 14.3 Å². The number of fused-ring (bicyclic) bond motifs is 1. The van der Waals surface area contributed by atoms with Gasteiger partial charge in [-0.2, -0.15) is 0 Å². The van der Waals surface area contributed by atoms with Gasteiger partial charge in [0, 0.05) is 18.8 Å². The van der Waals surface area contributed by atoms with Gasteiger partial charge in [0.05, 0.1) is 18.7 Å². The lowest BCUT2D eigenvalue weighted by molar-refractivity contribution is 0.0957. The van der Waals surface area contributed by atoms with Gasteiger partial charge < -0.3 is 20.1 Å². The molecule has 0 fully saturated rings. The van der Waals surface area contributed by atoms with Crippen LogP contribution in [-0.4, -0.2) is 37.2 Å². The summed E-state index contributed by atoms with van der Waals surface area (Å²) in [5.41, 5.74) is 1.65. The van der Waals surface area contributed by atoms with E-state index in [1.807, 2.05) is 18.2 Å². The van der Waals surface area contributed by atoms with Crippen molar-refractivity contribution in [2.45, 2.75) is 12.5 Å². The number of nitrogens with zero attached hydrogens (tertiary/aromatic N) is 1. The molecular formula is C19H21N3O3. The van der Waals surface area contributed by atoms with Gasteiger partial charge in [-0.3, -0.25) is 4.79 Å². The van der Waals surface area contributed by atoms with Crippen molar-refractivity contribution in [2.24, 2.45) is 0 Å². The van der Waals surface area contributed by atoms with Crippen LogP contribution in [0.3, 0.4) is 0 Å². The third-order valence-electron chi connectivity index (χ3n) is 3.97. The fraction of sp³-hybridized carbons (Fsp3) is 0.263. The summed E-state index contributed by atoms with van der Waals surface area (Å²) >= 11 is 0. The van der Waals surface area contributed by atoms with E-state index in [-0.39, 0.29) is 11.9 Å². The van der Waals surface area contributed by atoms with Crippen molar-refractivity contribution in [3.05, 3.63) is 60.3 Å². The first-order valence-corrected chi connectivity index (χ1v) is 8.11. The highest BCUT2D eigenvalue weighted by atomic mass is 16.5. The molecular weight excluding hydrogens is 318 g/mol. The molecule has 3 rings (SSSR count). The number of pyridine rings is 1. The summed E-state index contributed by atoms with van der Waals surface area (Å²) < 4.78 is 11.0. The molecule has 0 saturated heterocycles. The molecule has 1 aliphatic heterocycles. The Morgan fingerprint density at radius 2 is 2.32 bits per heavy atom. The third-order valence-corrected chi connectivity index (χ3v) is 3.97. The topological polar surface area (TPSA) is 72.5 Å². The molecule has 6 nitrogen and oxygen atoms in total.